The number of aliphatic hydroxyl groups is 1. The zero-order valence-electron chi connectivity index (χ0n) is 13.8. The average Bonchev–Trinajstić information content (AvgIpc) is 2.89. The van der Waals surface area contributed by atoms with Crippen LogP contribution in [0.15, 0.2) is 6.20 Å². The molecule has 1 amide bonds. The third-order valence-electron chi connectivity index (χ3n) is 4.58. The van der Waals surface area contributed by atoms with Gasteiger partial charge in [-0.05, 0) is 44.1 Å². The molecule has 0 bridgehead atoms. The van der Waals surface area contributed by atoms with E-state index >= 15 is 0 Å². The highest BCUT2D eigenvalue weighted by molar-refractivity contribution is 7.99. The van der Waals surface area contributed by atoms with Crippen molar-refractivity contribution < 1.29 is 9.90 Å². The van der Waals surface area contributed by atoms with Crippen molar-refractivity contribution in [2.45, 2.75) is 58.1 Å². The highest BCUT2D eigenvalue weighted by atomic mass is 32.2. The minimum Gasteiger partial charge on any atom is -0.388 e. The topological polar surface area (TPSA) is 67.2 Å². The second kappa shape index (κ2) is 7.51. The fourth-order valence-corrected chi connectivity index (χ4v) is 4.17. The SMILES string of the molecule is CCC(CC)n1ncc(C(=O)NCC2(O)CCSCC2)c1C. The lowest BCUT2D eigenvalue weighted by Crippen LogP contribution is -2.45. The molecule has 1 fully saturated rings. The molecular weight excluding hydrogens is 298 g/mol. The van der Waals surface area contributed by atoms with Crippen LogP contribution in [0.3, 0.4) is 0 Å². The van der Waals surface area contributed by atoms with Crippen molar-refractivity contribution >= 4 is 17.7 Å². The summed E-state index contributed by atoms with van der Waals surface area (Å²) in [4.78, 5) is 12.4. The van der Waals surface area contributed by atoms with Gasteiger partial charge in [-0.3, -0.25) is 9.48 Å². The van der Waals surface area contributed by atoms with Crippen molar-refractivity contribution in [3.8, 4) is 0 Å². The molecule has 6 heteroatoms. The Labute approximate surface area is 136 Å². The molecule has 1 aromatic rings. The molecule has 0 saturated carbocycles. The number of nitrogens with one attached hydrogen (secondary N) is 1. The van der Waals surface area contributed by atoms with Crippen LogP contribution >= 0.6 is 11.8 Å². The van der Waals surface area contributed by atoms with E-state index in [0.29, 0.717) is 18.2 Å². The highest BCUT2D eigenvalue weighted by Gasteiger charge is 2.30. The number of hydrogen-bond acceptors (Lipinski definition) is 4. The van der Waals surface area contributed by atoms with Gasteiger partial charge in [0.25, 0.3) is 5.91 Å². The van der Waals surface area contributed by atoms with Crippen LogP contribution in [0.25, 0.3) is 0 Å². The molecule has 2 heterocycles. The van der Waals surface area contributed by atoms with Gasteiger partial charge < -0.3 is 10.4 Å². The van der Waals surface area contributed by atoms with Crippen LogP contribution in [0.5, 0.6) is 0 Å². The largest absolute Gasteiger partial charge is 0.388 e. The number of carbonyl (C=O) groups excluding carboxylic acids is 1. The van der Waals surface area contributed by atoms with Crippen molar-refractivity contribution in [3.63, 3.8) is 0 Å². The van der Waals surface area contributed by atoms with Gasteiger partial charge >= 0.3 is 0 Å². The van der Waals surface area contributed by atoms with E-state index in [1.54, 1.807) is 6.20 Å². The summed E-state index contributed by atoms with van der Waals surface area (Å²) in [6.07, 6.45) is 5.12. The van der Waals surface area contributed by atoms with Gasteiger partial charge in [-0.15, -0.1) is 0 Å². The fourth-order valence-electron chi connectivity index (χ4n) is 2.92. The number of rotatable bonds is 6. The minimum atomic E-state index is -0.750. The number of nitrogens with zero attached hydrogens (tertiary/aromatic N) is 2. The molecule has 124 valence electrons. The Kier molecular flexibility index (Phi) is 5.92. The first-order valence-corrected chi connectivity index (χ1v) is 9.28. The van der Waals surface area contributed by atoms with E-state index < -0.39 is 5.60 Å². The molecule has 1 aromatic heterocycles. The Balaban J connectivity index is 2.01. The Morgan fingerprint density at radius 1 is 1.45 bits per heavy atom. The smallest absolute Gasteiger partial charge is 0.254 e. The van der Waals surface area contributed by atoms with Gasteiger partial charge in [-0.2, -0.15) is 16.9 Å². The van der Waals surface area contributed by atoms with E-state index in [4.69, 9.17) is 0 Å². The van der Waals surface area contributed by atoms with Crippen molar-refractivity contribution in [2.75, 3.05) is 18.1 Å². The number of amides is 1. The van der Waals surface area contributed by atoms with E-state index in [0.717, 1.165) is 42.9 Å². The molecule has 1 aliphatic rings. The van der Waals surface area contributed by atoms with E-state index in [9.17, 15) is 9.90 Å². The van der Waals surface area contributed by atoms with Crippen LogP contribution < -0.4 is 5.32 Å². The minimum absolute atomic E-state index is 0.138. The van der Waals surface area contributed by atoms with E-state index in [1.807, 2.05) is 23.4 Å². The molecule has 0 spiro atoms. The number of hydrogen-bond donors (Lipinski definition) is 2. The van der Waals surface area contributed by atoms with Crippen LogP contribution in [0.1, 0.15) is 61.6 Å². The highest BCUT2D eigenvalue weighted by Crippen LogP contribution is 2.26. The maximum atomic E-state index is 12.4. The van der Waals surface area contributed by atoms with Gasteiger partial charge in [0.15, 0.2) is 0 Å². The predicted molar refractivity (Wildman–Crippen MR) is 90.4 cm³/mol. The molecule has 22 heavy (non-hydrogen) atoms. The van der Waals surface area contributed by atoms with Crippen LogP contribution in [0.2, 0.25) is 0 Å². The van der Waals surface area contributed by atoms with Crippen molar-refractivity contribution in [1.82, 2.24) is 15.1 Å². The van der Waals surface area contributed by atoms with Crippen LogP contribution in [0, 0.1) is 6.92 Å². The molecule has 1 saturated heterocycles. The molecule has 2 N–H and O–H groups in total. The zero-order valence-corrected chi connectivity index (χ0v) is 14.6. The fraction of sp³-hybridized carbons (Fsp3) is 0.750. The monoisotopic (exact) mass is 325 g/mol. The summed E-state index contributed by atoms with van der Waals surface area (Å²) in [6, 6.07) is 0.334. The summed E-state index contributed by atoms with van der Waals surface area (Å²) >= 11 is 1.86. The maximum absolute atomic E-state index is 12.4. The standard InChI is InChI=1S/C16H27N3O2S/c1-4-13(5-2)19-12(3)14(10-18-19)15(20)17-11-16(21)6-8-22-9-7-16/h10,13,21H,4-9,11H2,1-3H3,(H,17,20). The summed E-state index contributed by atoms with van der Waals surface area (Å²) in [5, 5.41) is 17.7. The van der Waals surface area contributed by atoms with E-state index in [-0.39, 0.29) is 5.91 Å². The van der Waals surface area contributed by atoms with E-state index in [2.05, 4.69) is 24.3 Å². The van der Waals surface area contributed by atoms with Gasteiger partial charge in [0.2, 0.25) is 0 Å². The van der Waals surface area contributed by atoms with Crippen molar-refractivity contribution in [3.05, 3.63) is 17.5 Å². The van der Waals surface area contributed by atoms with Crippen molar-refractivity contribution in [1.29, 1.82) is 0 Å². The Hall–Kier alpha value is -1.01. The third-order valence-corrected chi connectivity index (χ3v) is 5.56. The van der Waals surface area contributed by atoms with Gasteiger partial charge in [0.05, 0.1) is 23.4 Å². The van der Waals surface area contributed by atoms with Crippen LogP contribution in [-0.2, 0) is 0 Å². The lowest BCUT2D eigenvalue weighted by atomic mass is 9.97. The molecule has 5 nitrogen and oxygen atoms in total. The van der Waals surface area contributed by atoms with Gasteiger partial charge in [0, 0.05) is 12.2 Å². The number of aromatic nitrogens is 2. The van der Waals surface area contributed by atoms with Crippen LogP contribution in [0.4, 0.5) is 0 Å². The van der Waals surface area contributed by atoms with Gasteiger partial charge in [-0.1, -0.05) is 13.8 Å². The predicted octanol–water partition coefficient (Wildman–Crippen LogP) is 2.54. The van der Waals surface area contributed by atoms with Gasteiger partial charge in [-0.25, -0.2) is 0 Å². The Morgan fingerprint density at radius 2 is 2.09 bits per heavy atom. The number of carbonyl (C=O) groups is 1. The second-order valence-corrected chi connectivity index (χ2v) is 7.30. The molecule has 0 unspecified atom stereocenters. The normalized spacial score (nSPS) is 17.7. The molecule has 0 atom stereocenters. The lowest BCUT2D eigenvalue weighted by Gasteiger charge is -2.31. The summed E-state index contributed by atoms with van der Waals surface area (Å²) < 4.78 is 1.95. The first-order chi connectivity index (χ1) is 10.5. The zero-order chi connectivity index (χ0) is 16.2. The van der Waals surface area contributed by atoms with Crippen molar-refractivity contribution in [2.24, 2.45) is 0 Å². The third kappa shape index (κ3) is 3.84. The Bertz CT molecular complexity index is 505. The second-order valence-electron chi connectivity index (χ2n) is 6.08. The first kappa shape index (κ1) is 17.3. The summed E-state index contributed by atoms with van der Waals surface area (Å²) in [7, 11) is 0. The quantitative estimate of drug-likeness (QED) is 0.843. The molecule has 0 aliphatic carbocycles. The molecule has 0 radical (unpaired) electrons. The summed E-state index contributed by atoms with van der Waals surface area (Å²) in [6.45, 7) is 6.52. The Morgan fingerprint density at radius 3 is 2.68 bits per heavy atom. The number of thioether (sulfide) groups is 1. The van der Waals surface area contributed by atoms with E-state index in [1.165, 1.54) is 0 Å². The molecular formula is C16H27N3O2S. The molecule has 1 aliphatic heterocycles. The maximum Gasteiger partial charge on any atom is 0.254 e. The van der Waals surface area contributed by atoms with Gasteiger partial charge in [0.1, 0.15) is 0 Å². The summed E-state index contributed by atoms with van der Waals surface area (Å²) in [5.41, 5.74) is 0.762. The lowest BCUT2D eigenvalue weighted by molar-refractivity contribution is 0.0311. The first-order valence-electron chi connectivity index (χ1n) is 8.13. The molecule has 2 rings (SSSR count). The molecule has 0 aromatic carbocycles. The van der Waals surface area contributed by atoms with Crippen LogP contribution in [-0.4, -0.2) is 44.4 Å². The average molecular weight is 325 g/mol. The summed E-state index contributed by atoms with van der Waals surface area (Å²) in [5.74, 6) is 1.78.